The van der Waals surface area contributed by atoms with E-state index in [1.807, 2.05) is 30.9 Å². The fraction of sp³-hybridized carbons (Fsp3) is 0.600. The minimum atomic E-state index is -0.475. The van der Waals surface area contributed by atoms with E-state index in [2.05, 4.69) is 34.3 Å². The van der Waals surface area contributed by atoms with Gasteiger partial charge in [0.2, 0.25) is 5.91 Å². The number of amides is 1. The Bertz CT molecular complexity index is 936. The van der Waals surface area contributed by atoms with Crippen LogP contribution in [-0.4, -0.2) is 69.4 Å². The third kappa shape index (κ3) is 3.70. The summed E-state index contributed by atoms with van der Waals surface area (Å²) < 4.78 is 1.78. The molecule has 5 rings (SSSR count). The summed E-state index contributed by atoms with van der Waals surface area (Å²) >= 11 is 0. The molecule has 3 aliphatic rings. The van der Waals surface area contributed by atoms with Crippen molar-refractivity contribution in [3.63, 3.8) is 0 Å². The zero-order valence-corrected chi connectivity index (χ0v) is 18.7. The van der Waals surface area contributed by atoms with Crippen molar-refractivity contribution in [1.29, 1.82) is 0 Å². The molecule has 0 radical (unpaired) electrons. The molecule has 1 N–H and O–H groups in total. The Balaban J connectivity index is 1.35. The van der Waals surface area contributed by atoms with Crippen molar-refractivity contribution < 1.29 is 9.90 Å². The number of hydrogen-bond donors (Lipinski definition) is 1. The van der Waals surface area contributed by atoms with Crippen LogP contribution >= 0.6 is 0 Å². The van der Waals surface area contributed by atoms with E-state index in [0.717, 1.165) is 31.0 Å². The average molecular weight is 423 g/mol. The van der Waals surface area contributed by atoms with Crippen LogP contribution in [0.1, 0.15) is 42.1 Å². The highest BCUT2D eigenvalue weighted by molar-refractivity contribution is 5.77. The van der Waals surface area contributed by atoms with E-state index in [-0.39, 0.29) is 17.9 Å². The number of aryl methyl sites for hydroxylation is 2. The van der Waals surface area contributed by atoms with Crippen molar-refractivity contribution in [1.82, 2.24) is 19.6 Å². The number of carbonyl (C=O) groups excluding carboxylic acids is 1. The van der Waals surface area contributed by atoms with Gasteiger partial charge in [-0.1, -0.05) is 36.8 Å². The van der Waals surface area contributed by atoms with Gasteiger partial charge in [0.15, 0.2) is 0 Å². The smallest absolute Gasteiger partial charge is 0.244 e. The normalized spacial score (nSPS) is 30.8. The maximum absolute atomic E-state index is 13.1. The van der Waals surface area contributed by atoms with Crippen LogP contribution in [0.25, 0.3) is 0 Å². The van der Waals surface area contributed by atoms with Gasteiger partial charge in [-0.05, 0) is 63.2 Å². The molecular formula is C25H34N4O2. The lowest BCUT2D eigenvalue weighted by atomic mass is 9.95. The second-order valence-electron chi connectivity index (χ2n) is 9.84. The average Bonchev–Trinajstić information content (AvgIpc) is 3.06. The number of benzene rings is 1. The van der Waals surface area contributed by atoms with Gasteiger partial charge in [0, 0.05) is 30.7 Å². The molecule has 1 aromatic carbocycles. The number of hydrogen-bond acceptors (Lipinski definition) is 4. The van der Waals surface area contributed by atoms with Crippen molar-refractivity contribution >= 4 is 5.91 Å². The Morgan fingerprint density at radius 1 is 1.16 bits per heavy atom. The maximum Gasteiger partial charge on any atom is 0.244 e. The summed E-state index contributed by atoms with van der Waals surface area (Å²) in [6.07, 6.45) is 3.39. The van der Waals surface area contributed by atoms with Gasteiger partial charge in [-0.3, -0.25) is 9.48 Å². The van der Waals surface area contributed by atoms with Gasteiger partial charge >= 0.3 is 0 Å². The van der Waals surface area contributed by atoms with Gasteiger partial charge in [0.1, 0.15) is 6.54 Å². The monoisotopic (exact) mass is 422 g/mol. The molecule has 6 nitrogen and oxygen atoms in total. The molecule has 0 bridgehead atoms. The van der Waals surface area contributed by atoms with Gasteiger partial charge in [0.05, 0.1) is 11.8 Å². The Kier molecular flexibility index (Phi) is 5.39. The first-order valence-corrected chi connectivity index (χ1v) is 11.7. The molecule has 2 saturated heterocycles. The largest absolute Gasteiger partial charge is 0.391 e. The number of piperidine rings is 1. The van der Waals surface area contributed by atoms with Crippen LogP contribution in [0, 0.1) is 25.2 Å². The zero-order valence-electron chi connectivity index (χ0n) is 18.7. The lowest BCUT2D eigenvalue weighted by Gasteiger charge is -2.27. The van der Waals surface area contributed by atoms with E-state index in [1.54, 1.807) is 4.68 Å². The lowest BCUT2D eigenvalue weighted by molar-refractivity contribution is -0.131. The molecule has 1 amide bonds. The zero-order chi connectivity index (χ0) is 21.6. The summed E-state index contributed by atoms with van der Waals surface area (Å²) in [4.78, 5) is 17.6. The molecule has 0 unspecified atom stereocenters. The molecule has 31 heavy (non-hydrogen) atoms. The van der Waals surface area contributed by atoms with E-state index < -0.39 is 6.10 Å². The summed E-state index contributed by atoms with van der Waals surface area (Å²) in [5.74, 6) is 0.768. The first-order chi connectivity index (χ1) is 15.0. The van der Waals surface area contributed by atoms with Crippen LogP contribution in [-0.2, 0) is 11.3 Å². The number of likely N-dealkylation sites (tertiary alicyclic amines) is 2. The lowest BCUT2D eigenvalue weighted by Crippen LogP contribution is -2.34. The second kappa shape index (κ2) is 8.06. The third-order valence-corrected chi connectivity index (χ3v) is 7.84. The SMILES string of the molecule is Cc1cc(C)n(CC(=O)N2C[C@H](O)[C@@]3(C2)[C@H](CN2CCCCC2)[C@H]3c2ccccc2)n1. The number of aliphatic hydroxyl groups is 1. The first-order valence-electron chi connectivity index (χ1n) is 11.7. The Hall–Kier alpha value is -2.18. The van der Waals surface area contributed by atoms with Crippen LogP contribution in [0.5, 0.6) is 0 Å². The van der Waals surface area contributed by atoms with Crippen LogP contribution < -0.4 is 0 Å². The first kappa shape index (κ1) is 20.7. The molecule has 1 aromatic heterocycles. The van der Waals surface area contributed by atoms with Crippen LogP contribution in [0.4, 0.5) is 0 Å². The number of aromatic nitrogens is 2. The minimum absolute atomic E-state index is 0.0533. The van der Waals surface area contributed by atoms with Crippen molar-refractivity contribution in [2.75, 3.05) is 32.7 Å². The van der Waals surface area contributed by atoms with Gasteiger partial charge in [0.25, 0.3) is 0 Å². The molecule has 1 spiro atoms. The highest BCUT2D eigenvalue weighted by Gasteiger charge is 2.71. The van der Waals surface area contributed by atoms with Gasteiger partial charge in [-0.25, -0.2) is 0 Å². The van der Waals surface area contributed by atoms with Crippen LogP contribution in [0.2, 0.25) is 0 Å². The molecule has 3 fully saturated rings. The van der Waals surface area contributed by atoms with E-state index in [1.165, 1.54) is 24.8 Å². The van der Waals surface area contributed by atoms with Crippen LogP contribution in [0.3, 0.4) is 0 Å². The number of carbonyl (C=O) groups is 1. The molecule has 1 aliphatic carbocycles. The summed E-state index contributed by atoms with van der Waals surface area (Å²) in [7, 11) is 0. The van der Waals surface area contributed by atoms with E-state index in [0.29, 0.717) is 24.9 Å². The number of β-amino-alcohol motifs (C(OH)–C–C–N with tert-alkyl or cyclic N) is 1. The quantitative estimate of drug-likeness (QED) is 0.805. The number of aliphatic hydroxyl groups excluding tert-OH is 1. The summed E-state index contributed by atoms with van der Waals surface area (Å²) in [5.41, 5.74) is 3.01. The number of rotatable bonds is 5. The summed E-state index contributed by atoms with van der Waals surface area (Å²) in [5, 5.41) is 15.7. The molecular weight excluding hydrogens is 388 g/mol. The molecule has 6 heteroatoms. The fourth-order valence-electron chi connectivity index (χ4n) is 6.24. The van der Waals surface area contributed by atoms with Crippen molar-refractivity contribution in [2.24, 2.45) is 11.3 Å². The predicted molar refractivity (Wildman–Crippen MR) is 120 cm³/mol. The van der Waals surface area contributed by atoms with Crippen LogP contribution in [0.15, 0.2) is 36.4 Å². The molecule has 4 atom stereocenters. The Morgan fingerprint density at radius 3 is 2.58 bits per heavy atom. The molecule has 2 aromatic rings. The number of nitrogens with zero attached hydrogens (tertiary/aromatic N) is 4. The van der Waals surface area contributed by atoms with Crippen molar-refractivity contribution in [3.05, 3.63) is 53.3 Å². The van der Waals surface area contributed by atoms with Crippen molar-refractivity contribution in [3.8, 4) is 0 Å². The molecule has 3 heterocycles. The molecule has 1 saturated carbocycles. The fourth-order valence-corrected chi connectivity index (χ4v) is 6.24. The highest BCUT2D eigenvalue weighted by atomic mass is 16.3. The highest BCUT2D eigenvalue weighted by Crippen LogP contribution is 2.69. The van der Waals surface area contributed by atoms with Gasteiger partial charge in [-0.2, -0.15) is 5.10 Å². The summed E-state index contributed by atoms with van der Waals surface area (Å²) in [6, 6.07) is 12.6. The topological polar surface area (TPSA) is 61.6 Å². The second-order valence-corrected chi connectivity index (χ2v) is 9.84. The van der Waals surface area contributed by atoms with E-state index in [4.69, 9.17) is 0 Å². The summed E-state index contributed by atoms with van der Waals surface area (Å²) in [6.45, 7) is 8.58. The standard InChI is InChI=1S/C25H34N4O2/c1-18-13-19(2)29(26-18)16-23(31)28-15-22(30)25(17-28)21(14-27-11-7-4-8-12-27)24(25)20-9-5-3-6-10-20/h3,5-6,9-10,13,21-22,24,30H,4,7-8,11-12,14-17H2,1-2H3/t21-,22+,24-,25-/m1/s1. The van der Waals surface area contributed by atoms with Crippen molar-refractivity contribution in [2.45, 2.75) is 51.7 Å². The molecule has 166 valence electrons. The van der Waals surface area contributed by atoms with E-state index >= 15 is 0 Å². The van der Waals surface area contributed by atoms with Gasteiger partial charge < -0.3 is 14.9 Å². The predicted octanol–water partition coefficient (Wildman–Crippen LogP) is 2.59. The van der Waals surface area contributed by atoms with Gasteiger partial charge in [-0.15, -0.1) is 0 Å². The Labute approximate surface area is 184 Å². The maximum atomic E-state index is 13.1. The minimum Gasteiger partial charge on any atom is -0.391 e. The Morgan fingerprint density at radius 2 is 1.90 bits per heavy atom. The van der Waals surface area contributed by atoms with E-state index in [9.17, 15) is 9.90 Å². The third-order valence-electron chi connectivity index (χ3n) is 7.84. The molecule has 2 aliphatic heterocycles.